The predicted molar refractivity (Wildman–Crippen MR) is 132 cm³/mol. The molecular formula is C26H32N4O5. The van der Waals surface area contributed by atoms with Crippen molar-refractivity contribution in [2.45, 2.75) is 39.3 Å². The van der Waals surface area contributed by atoms with Crippen LogP contribution in [0.5, 0.6) is 11.5 Å². The van der Waals surface area contributed by atoms with E-state index in [2.05, 4.69) is 15.0 Å². The minimum atomic E-state index is -0.855. The SMILES string of the molecule is CC(C)n1nccc1-c1ncccc1COc1cccc(OC(=O)OCCCCN(C)C)c1C=O. The highest BCUT2D eigenvalue weighted by Gasteiger charge is 2.17. The lowest BCUT2D eigenvalue weighted by atomic mass is 10.1. The van der Waals surface area contributed by atoms with Gasteiger partial charge in [-0.3, -0.25) is 14.5 Å². The zero-order valence-corrected chi connectivity index (χ0v) is 20.6. The number of pyridine rings is 1. The molecule has 0 radical (unpaired) electrons. The number of aromatic nitrogens is 3. The summed E-state index contributed by atoms with van der Waals surface area (Å²) in [7, 11) is 3.97. The van der Waals surface area contributed by atoms with Crippen LogP contribution >= 0.6 is 0 Å². The highest BCUT2D eigenvalue weighted by molar-refractivity contribution is 5.85. The molecular weight excluding hydrogens is 448 g/mol. The normalized spacial score (nSPS) is 11.0. The maximum atomic E-state index is 12.1. The Morgan fingerprint density at radius 1 is 1.09 bits per heavy atom. The molecule has 35 heavy (non-hydrogen) atoms. The number of benzene rings is 1. The van der Waals surface area contributed by atoms with E-state index in [1.807, 2.05) is 50.8 Å². The van der Waals surface area contributed by atoms with Gasteiger partial charge in [0.15, 0.2) is 6.29 Å². The Kier molecular flexibility index (Phi) is 9.37. The van der Waals surface area contributed by atoms with Gasteiger partial charge >= 0.3 is 6.16 Å². The van der Waals surface area contributed by atoms with Crippen LogP contribution in [0.4, 0.5) is 4.79 Å². The van der Waals surface area contributed by atoms with Crippen LogP contribution in [0.25, 0.3) is 11.4 Å². The van der Waals surface area contributed by atoms with Crippen molar-refractivity contribution in [2.24, 2.45) is 0 Å². The fourth-order valence-corrected chi connectivity index (χ4v) is 3.51. The van der Waals surface area contributed by atoms with Crippen molar-refractivity contribution in [2.75, 3.05) is 27.2 Å². The highest BCUT2D eigenvalue weighted by Crippen LogP contribution is 2.29. The lowest BCUT2D eigenvalue weighted by Crippen LogP contribution is -2.15. The van der Waals surface area contributed by atoms with Crippen LogP contribution in [-0.2, 0) is 11.3 Å². The Labute approximate surface area is 205 Å². The first-order valence-electron chi connectivity index (χ1n) is 11.6. The summed E-state index contributed by atoms with van der Waals surface area (Å²) in [5.74, 6) is 0.378. The van der Waals surface area contributed by atoms with Crippen LogP contribution in [-0.4, -0.2) is 59.4 Å². The number of unbranched alkanes of at least 4 members (excludes halogenated alkanes) is 1. The van der Waals surface area contributed by atoms with Gasteiger partial charge in [0, 0.05) is 24.0 Å². The maximum absolute atomic E-state index is 12.1. The number of rotatable bonds is 12. The summed E-state index contributed by atoms with van der Waals surface area (Å²) in [5, 5.41) is 4.38. The van der Waals surface area contributed by atoms with Crippen molar-refractivity contribution in [3.05, 3.63) is 59.9 Å². The average molecular weight is 481 g/mol. The van der Waals surface area contributed by atoms with E-state index in [1.54, 1.807) is 24.5 Å². The van der Waals surface area contributed by atoms with E-state index in [-0.39, 0.29) is 30.6 Å². The first-order valence-corrected chi connectivity index (χ1v) is 11.6. The molecule has 3 aromatic rings. The molecule has 0 fully saturated rings. The second-order valence-corrected chi connectivity index (χ2v) is 8.55. The molecule has 0 bridgehead atoms. The molecule has 0 saturated heterocycles. The number of nitrogens with zero attached hydrogens (tertiary/aromatic N) is 4. The number of hydrogen-bond acceptors (Lipinski definition) is 8. The standard InChI is InChI=1S/C26H32N4O5/c1-19(2)30-22(12-14-28-30)25-20(9-8-13-27-25)18-34-23-10-7-11-24(21(23)17-31)35-26(32)33-16-6-5-15-29(3)4/h7-14,17,19H,5-6,15-16,18H2,1-4H3. The Morgan fingerprint density at radius 3 is 2.63 bits per heavy atom. The number of ether oxygens (including phenoxy) is 3. The zero-order chi connectivity index (χ0) is 25.2. The molecule has 0 atom stereocenters. The second kappa shape index (κ2) is 12.7. The minimum Gasteiger partial charge on any atom is -0.488 e. The fourth-order valence-electron chi connectivity index (χ4n) is 3.51. The summed E-state index contributed by atoms with van der Waals surface area (Å²) in [6.45, 7) is 5.41. The number of carbonyl (C=O) groups is 2. The molecule has 186 valence electrons. The lowest BCUT2D eigenvalue weighted by molar-refractivity contribution is 0.0960. The number of hydrogen-bond donors (Lipinski definition) is 0. The van der Waals surface area contributed by atoms with Crippen LogP contribution in [0.2, 0.25) is 0 Å². The molecule has 1 aromatic carbocycles. The zero-order valence-electron chi connectivity index (χ0n) is 20.6. The topological polar surface area (TPSA) is 95.8 Å². The van der Waals surface area contributed by atoms with Crippen molar-refractivity contribution in [1.29, 1.82) is 0 Å². The Bertz CT molecular complexity index is 1130. The molecule has 0 unspecified atom stereocenters. The van der Waals surface area contributed by atoms with E-state index in [9.17, 15) is 9.59 Å². The summed E-state index contributed by atoms with van der Waals surface area (Å²) in [6, 6.07) is 10.6. The van der Waals surface area contributed by atoms with Crippen molar-refractivity contribution in [3.8, 4) is 22.9 Å². The molecule has 3 rings (SSSR count). The first-order chi connectivity index (χ1) is 16.9. The van der Waals surface area contributed by atoms with Crippen LogP contribution < -0.4 is 9.47 Å². The number of aldehydes is 1. The van der Waals surface area contributed by atoms with Gasteiger partial charge in [0.2, 0.25) is 0 Å². The third-order valence-corrected chi connectivity index (χ3v) is 5.23. The summed E-state index contributed by atoms with van der Waals surface area (Å²) < 4.78 is 18.3. The third kappa shape index (κ3) is 7.13. The Balaban J connectivity index is 1.68. The quantitative estimate of drug-likeness (QED) is 0.158. The third-order valence-electron chi connectivity index (χ3n) is 5.23. The molecule has 9 heteroatoms. The second-order valence-electron chi connectivity index (χ2n) is 8.55. The van der Waals surface area contributed by atoms with Crippen molar-refractivity contribution < 1.29 is 23.8 Å². The van der Waals surface area contributed by atoms with Crippen molar-refractivity contribution >= 4 is 12.4 Å². The Morgan fingerprint density at radius 2 is 1.89 bits per heavy atom. The van der Waals surface area contributed by atoms with Gasteiger partial charge in [-0.15, -0.1) is 0 Å². The predicted octanol–water partition coefficient (Wildman–Crippen LogP) is 4.77. The minimum absolute atomic E-state index is 0.0834. The fraction of sp³-hybridized carbons (Fsp3) is 0.385. The maximum Gasteiger partial charge on any atom is 0.513 e. The van der Waals surface area contributed by atoms with E-state index in [4.69, 9.17) is 14.2 Å². The van der Waals surface area contributed by atoms with Crippen LogP contribution in [0.1, 0.15) is 48.7 Å². The molecule has 2 heterocycles. The monoisotopic (exact) mass is 480 g/mol. The smallest absolute Gasteiger partial charge is 0.488 e. The molecule has 9 nitrogen and oxygen atoms in total. The molecule has 0 aliphatic rings. The average Bonchev–Trinajstić information content (AvgIpc) is 3.33. The van der Waals surface area contributed by atoms with Crippen LogP contribution in [0.3, 0.4) is 0 Å². The van der Waals surface area contributed by atoms with Gasteiger partial charge in [-0.25, -0.2) is 4.79 Å². The molecule has 0 spiro atoms. The number of carbonyl (C=O) groups excluding carboxylic acids is 2. The van der Waals surface area contributed by atoms with Gasteiger partial charge in [-0.2, -0.15) is 5.10 Å². The van der Waals surface area contributed by atoms with E-state index < -0.39 is 6.16 Å². The molecule has 0 aliphatic carbocycles. The first kappa shape index (κ1) is 25.9. The lowest BCUT2D eigenvalue weighted by Gasteiger charge is -2.15. The van der Waals surface area contributed by atoms with Gasteiger partial charge in [0.05, 0.1) is 23.6 Å². The molecule has 0 saturated carbocycles. The van der Waals surface area contributed by atoms with Gasteiger partial charge in [0.25, 0.3) is 0 Å². The molecule has 0 aliphatic heterocycles. The van der Waals surface area contributed by atoms with Crippen LogP contribution in [0, 0.1) is 0 Å². The van der Waals surface area contributed by atoms with Gasteiger partial charge in [-0.05, 0) is 71.6 Å². The van der Waals surface area contributed by atoms with Crippen molar-refractivity contribution in [3.63, 3.8) is 0 Å². The van der Waals surface area contributed by atoms with E-state index in [1.165, 1.54) is 6.07 Å². The summed E-state index contributed by atoms with van der Waals surface area (Å²) in [6.07, 6.45) is 4.83. The summed E-state index contributed by atoms with van der Waals surface area (Å²) in [4.78, 5) is 30.5. The van der Waals surface area contributed by atoms with Gasteiger partial charge < -0.3 is 19.1 Å². The van der Waals surface area contributed by atoms with E-state index in [0.29, 0.717) is 12.0 Å². The summed E-state index contributed by atoms with van der Waals surface area (Å²) in [5.41, 5.74) is 2.58. The summed E-state index contributed by atoms with van der Waals surface area (Å²) >= 11 is 0. The molecule has 0 amide bonds. The van der Waals surface area contributed by atoms with Gasteiger partial charge in [-0.1, -0.05) is 12.1 Å². The van der Waals surface area contributed by atoms with Crippen molar-refractivity contribution in [1.82, 2.24) is 19.7 Å². The molecule has 0 N–H and O–H groups in total. The Hall–Kier alpha value is -3.72. The van der Waals surface area contributed by atoms with Gasteiger partial charge in [0.1, 0.15) is 18.1 Å². The van der Waals surface area contributed by atoms with Crippen LogP contribution in [0.15, 0.2) is 48.8 Å². The largest absolute Gasteiger partial charge is 0.513 e. The molecule has 2 aromatic heterocycles. The highest BCUT2D eigenvalue weighted by atomic mass is 16.7. The van der Waals surface area contributed by atoms with E-state index in [0.717, 1.165) is 36.3 Å². The van der Waals surface area contributed by atoms with E-state index >= 15 is 0 Å².